The maximum Gasteiger partial charge on any atom is 0.355 e. The van der Waals surface area contributed by atoms with Crippen molar-refractivity contribution in [1.82, 2.24) is 8.96 Å². The summed E-state index contributed by atoms with van der Waals surface area (Å²) in [5.41, 5.74) is -0.167. The summed E-state index contributed by atoms with van der Waals surface area (Å²) >= 11 is 3.25. The number of halogens is 1. The van der Waals surface area contributed by atoms with Crippen molar-refractivity contribution in [2.75, 3.05) is 7.11 Å². The van der Waals surface area contributed by atoms with E-state index >= 15 is 0 Å². The van der Waals surface area contributed by atoms with Crippen molar-refractivity contribution in [2.45, 2.75) is 11.8 Å². The Morgan fingerprint density at radius 2 is 1.88 bits per heavy atom. The molecular weight excluding hydrogens is 412 g/mol. The molecule has 0 aliphatic carbocycles. The van der Waals surface area contributed by atoms with E-state index in [2.05, 4.69) is 25.7 Å². The van der Waals surface area contributed by atoms with Crippen LogP contribution in [0.25, 0.3) is 10.9 Å². The minimum absolute atomic E-state index is 0.0415. The summed E-state index contributed by atoms with van der Waals surface area (Å²) in [6.45, 7) is 1.82. The van der Waals surface area contributed by atoms with Gasteiger partial charge in [-0.2, -0.15) is 0 Å². The Morgan fingerprint density at radius 1 is 1.24 bits per heavy atom. The summed E-state index contributed by atoms with van der Waals surface area (Å²) in [7, 11) is -3.05. The number of carbonyl (C=O) groups is 1. The van der Waals surface area contributed by atoms with Gasteiger partial charge in [-0.05, 0) is 41.1 Å². The highest BCUT2D eigenvalue weighted by Crippen LogP contribution is 2.28. The number of esters is 1. The van der Waals surface area contributed by atoms with E-state index in [1.165, 1.54) is 24.4 Å². The van der Waals surface area contributed by atoms with E-state index in [-0.39, 0.29) is 16.1 Å². The Balaban J connectivity index is 2.45. The lowest BCUT2D eigenvalue weighted by atomic mass is 10.2. The number of hydrogen-bond acceptors (Lipinski definition) is 5. The summed E-state index contributed by atoms with van der Waals surface area (Å²) < 4.78 is 32.1. The zero-order valence-corrected chi connectivity index (χ0v) is 15.6. The van der Waals surface area contributed by atoms with Gasteiger partial charge < -0.3 is 9.72 Å². The molecule has 0 bridgehead atoms. The molecule has 130 valence electrons. The van der Waals surface area contributed by atoms with Crippen molar-refractivity contribution in [3.8, 4) is 0 Å². The standard InChI is InChI=1S/C16H13BrN2O5S/c1-9-3-5-10(6-4-9)25(22,23)19-13(16(21)24-2)7-11-12(17)8-18-15(20)14(11)19/h3-8H,1-2H3,(H,18,20). The summed E-state index contributed by atoms with van der Waals surface area (Å²) in [6.07, 6.45) is 1.38. The van der Waals surface area contributed by atoms with E-state index in [1.54, 1.807) is 12.1 Å². The second-order valence-electron chi connectivity index (χ2n) is 5.33. The predicted octanol–water partition coefficient (Wildman–Crippen LogP) is 2.42. The largest absolute Gasteiger partial charge is 0.464 e. The molecule has 0 aliphatic heterocycles. The van der Waals surface area contributed by atoms with Gasteiger partial charge in [-0.15, -0.1) is 0 Å². The van der Waals surface area contributed by atoms with Crippen LogP contribution in [-0.4, -0.2) is 30.5 Å². The van der Waals surface area contributed by atoms with Gasteiger partial charge in [-0.3, -0.25) is 4.79 Å². The van der Waals surface area contributed by atoms with Crippen molar-refractivity contribution in [3.05, 3.63) is 62.6 Å². The average Bonchev–Trinajstić information content (AvgIpc) is 3.00. The SMILES string of the molecule is COC(=O)c1cc2c(Br)c[nH]c(=O)c2n1S(=O)(=O)c1ccc(C)cc1. The molecule has 3 rings (SSSR count). The first-order valence-electron chi connectivity index (χ1n) is 7.10. The molecule has 1 aromatic carbocycles. The van der Waals surface area contributed by atoms with Crippen LogP contribution in [0.1, 0.15) is 16.1 Å². The number of fused-ring (bicyclic) bond motifs is 1. The highest BCUT2D eigenvalue weighted by Gasteiger charge is 2.29. The van der Waals surface area contributed by atoms with Crippen LogP contribution in [-0.2, 0) is 14.8 Å². The van der Waals surface area contributed by atoms with E-state index in [0.717, 1.165) is 16.6 Å². The quantitative estimate of drug-likeness (QED) is 0.650. The fraction of sp³-hybridized carbons (Fsp3) is 0.125. The fourth-order valence-corrected chi connectivity index (χ4v) is 4.39. The van der Waals surface area contributed by atoms with Gasteiger partial charge in [0.1, 0.15) is 11.2 Å². The monoisotopic (exact) mass is 424 g/mol. The fourth-order valence-electron chi connectivity index (χ4n) is 2.48. The number of hydrogen-bond donors (Lipinski definition) is 1. The topological polar surface area (TPSA) is 98.2 Å². The predicted molar refractivity (Wildman–Crippen MR) is 95.4 cm³/mol. The molecule has 0 saturated heterocycles. The Hall–Kier alpha value is -2.39. The van der Waals surface area contributed by atoms with Gasteiger partial charge in [-0.1, -0.05) is 17.7 Å². The molecule has 0 radical (unpaired) electrons. The molecule has 0 aliphatic rings. The van der Waals surface area contributed by atoms with Gasteiger partial charge >= 0.3 is 5.97 Å². The molecule has 9 heteroatoms. The van der Waals surface area contributed by atoms with Gasteiger partial charge in [0, 0.05) is 16.1 Å². The van der Waals surface area contributed by atoms with Gasteiger partial charge in [0.15, 0.2) is 0 Å². The molecule has 0 unspecified atom stereocenters. The molecule has 1 N–H and O–H groups in total. The van der Waals surface area contributed by atoms with Crippen LogP contribution in [0.5, 0.6) is 0 Å². The van der Waals surface area contributed by atoms with E-state index < -0.39 is 21.6 Å². The maximum atomic E-state index is 13.1. The first-order valence-corrected chi connectivity index (χ1v) is 9.34. The average molecular weight is 425 g/mol. The van der Waals surface area contributed by atoms with Gasteiger partial charge in [-0.25, -0.2) is 17.2 Å². The van der Waals surface area contributed by atoms with Crippen molar-refractivity contribution < 1.29 is 17.9 Å². The lowest BCUT2D eigenvalue weighted by Crippen LogP contribution is -2.22. The summed E-state index contributed by atoms with van der Waals surface area (Å²) in [6, 6.07) is 7.42. The van der Waals surface area contributed by atoms with Crippen LogP contribution in [0.3, 0.4) is 0 Å². The number of pyridine rings is 1. The highest BCUT2D eigenvalue weighted by molar-refractivity contribution is 9.10. The highest BCUT2D eigenvalue weighted by atomic mass is 79.9. The third-order valence-corrected chi connectivity index (χ3v) is 6.10. The molecule has 7 nitrogen and oxygen atoms in total. The third kappa shape index (κ3) is 2.79. The summed E-state index contributed by atoms with van der Waals surface area (Å²) in [5, 5.41) is 0.292. The van der Waals surface area contributed by atoms with E-state index in [1.807, 2.05) is 6.92 Å². The Kier molecular flexibility index (Phi) is 4.29. The number of rotatable bonds is 3. The van der Waals surface area contributed by atoms with E-state index in [9.17, 15) is 18.0 Å². The van der Waals surface area contributed by atoms with Gasteiger partial charge in [0.05, 0.1) is 12.0 Å². The lowest BCUT2D eigenvalue weighted by molar-refractivity contribution is 0.0593. The van der Waals surface area contributed by atoms with Crippen LogP contribution >= 0.6 is 15.9 Å². The second kappa shape index (κ2) is 6.16. The first kappa shape index (κ1) is 17.4. The number of methoxy groups -OCH3 is 1. The molecule has 0 spiro atoms. The van der Waals surface area contributed by atoms with Gasteiger partial charge in [0.25, 0.3) is 15.6 Å². The van der Waals surface area contributed by atoms with Crippen LogP contribution in [0.15, 0.2) is 50.7 Å². The second-order valence-corrected chi connectivity index (χ2v) is 7.97. The van der Waals surface area contributed by atoms with Crippen LogP contribution < -0.4 is 5.56 Å². The lowest BCUT2D eigenvalue weighted by Gasteiger charge is -2.10. The number of carbonyl (C=O) groups excluding carboxylic acids is 1. The van der Waals surface area contributed by atoms with Crippen LogP contribution in [0.4, 0.5) is 0 Å². The van der Waals surface area contributed by atoms with Crippen molar-refractivity contribution in [3.63, 3.8) is 0 Å². The molecule has 2 heterocycles. The number of aromatic nitrogens is 2. The molecule has 3 aromatic rings. The number of aromatic amines is 1. The normalized spacial score (nSPS) is 11.6. The van der Waals surface area contributed by atoms with Crippen LogP contribution in [0, 0.1) is 6.92 Å². The van der Waals surface area contributed by atoms with Crippen molar-refractivity contribution in [2.24, 2.45) is 0 Å². The molecule has 0 amide bonds. The summed E-state index contributed by atoms with van der Waals surface area (Å²) in [5.74, 6) is -0.863. The minimum Gasteiger partial charge on any atom is -0.464 e. The Morgan fingerprint density at radius 3 is 2.48 bits per heavy atom. The van der Waals surface area contributed by atoms with Crippen molar-refractivity contribution >= 4 is 42.8 Å². The number of H-pyrrole nitrogens is 1. The molecule has 0 atom stereocenters. The van der Waals surface area contributed by atoms with Gasteiger partial charge in [0.2, 0.25) is 0 Å². The number of nitrogens with zero attached hydrogens (tertiary/aromatic N) is 1. The number of ether oxygens (including phenoxy) is 1. The zero-order chi connectivity index (χ0) is 18.4. The maximum absolute atomic E-state index is 13.1. The molecule has 0 fully saturated rings. The zero-order valence-electron chi connectivity index (χ0n) is 13.2. The Bertz CT molecular complexity index is 1140. The molecule has 25 heavy (non-hydrogen) atoms. The minimum atomic E-state index is -4.19. The first-order chi connectivity index (χ1) is 11.8. The number of aryl methyl sites for hydroxylation is 1. The van der Waals surface area contributed by atoms with E-state index in [4.69, 9.17) is 0 Å². The smallest absolute Gasteiger partial charge is 0.355 e. The number of benzene rings is 1. The molecule has 2 aromatic heterocycles. The van der Waals surface area contributed by atoms with Crippen molar-refractivity contribution in [1.29, 1.82) is 0 Å². The number of nitrogens with one attached hydrogen (secondary N) is 1. The molecule has 0 saturated carbocycles. The molecular formula is C16H13BrN2O5S. The Labute approximate surface area is 151 Å². The van der Waals surface area contributed by atoms with Crippen LogP contribution in [0.2, 0.25) is 0 Å². The third-order valence-electron chi connectivity index (χ3n) is 3.71. The van der Waals surface area contributed by atoms with E-state index in [0.29, 0.717) is 9.86 Å². The summed E-state index contributed by atoms with van der Waals surface area (Å²) in [4.78, 5) is 26.8.